The van der Waals surface area contributed by atoms with E-state index in [0.29, 0.717) is 22.2 Å². The van der Waals surface area contributed by atoms with Gasteiger partial charge in [-0.3, -0.25) is 25.8 Å². The highest BCUT2D eigenvalue weighted by molar-refractivity contribution is 6.30. The van der Waals surface area contributed by atoms with Crippen LogP contribution in [0.2, 0.25) is 5.02 Å². The number of amides is 1. The lowest BCUT2D eigenvalue weighted by molar-refractivity contribution is -0.383. The number of carbonyl (C=O) groups is 1. The second kappa shape index (κ2) is 8.09. The summed E-state index contributed by atoms with van der Waals surface area (Å²) in [5.41, 5.74) is 5.12. The number of fused-ring (bicyclic) bond motifs is 1. The topological polar surface area (TPSA) is 141 Å². The van der Waals surface area contributed by atoms with Crippen molar-refractivity contribution in [1.29, 1.82) is 0 Å². The zero-order valence-electron chi connectivity index (χ0n) is 15.1. The van der Waals surface area contributed by atoms with E-state index in [-0.39, 0.29) is 24.0 Å². The minimum Gasteiger partial charge on any atom is -0.454 e. The Balaban J connectivity index is 1.55. The summed E-state index contributed by atoms with van der Waals surface area (Å²) in [7, 11) is 0. The zero-order chi connectivity index (χ0) is 21.1. The number of halogens is 1. The number of nitrogens with zero attached hydrogens (tertiary/aromatic N) is 3. The summed E-state index contributed by atoms with van der Waals surface area (Å²) >= 11 is 5.87. The van der Waals surface area contributed by atoms with E-state index < -0.39 is 16.5 Å². The van der Waals surface area contributed by atoms with Crippen molar-refractivity contribution < 1.29 is 19.2 Å². The van der Waals surface area contributed by atoms with E-state index in [1.165, 1.54) is 6.07 Å². The van der Waals surface area contributed by atoms with Gasteiger partial charge >= 0.3 is 5.69 Å². The molecule has 1 aliphatic heterocycles. The van der Waals surface area contributed by atoms with Crippen LogP contribution in [0, 0.1) is 10.1 Å². The standard InChI is InChI=1S/C18H13ClN6O5/c19-11-3-1-2-10(6-11)18(26)24-23-17-15(25(27)28)16(20-8-21-17)22-12-4-5-13-14(7-12)30-9-29-13/h1-8H,9H2,(H,24,26)(H2,20,21,22,23). The Bertz CT molecular complexity index is 1140. The fourth-order valence-corrected chi connectivity index (χ4v) is 2.85. The fraction of sp³-hybridized carbons (Fsp3) is 0.0556. The third-order valence-corrected chi connectivity index (χ3v) is 4.26. The van der Waals surface area contributed by atoms with Gasteiger partial charge in [0.1, 0.15) is 6.33 Å². The number of nitrogens with one attached hydrogen (secondary N) is 3. The molecule has 3 N–H and O–H groups in total. The number of hydrogen-bond donors (Lipinski definition) is 3. The molecule has 4 rings (SSSR count). The second-order valence-corrected chi connectivity index (χ2v) is 6.40. The predicted molar refractivity (Wildman–Crippen MR) is 107 cm³/mol. The van der Waals surface area contributed by atoms with Gasteiger partial charge in [0.25, 0.3) is 5.91 Å². The first kappa shape index (κ1) is 19.2. The van der Waals surface area contributed by atoms with Gasteiger partial charge in [-0.15, -0.1) is 0 Å². The average Bonchev–Trinajstić information content (AvgIpc) is 3.19. The molecule has 1 aliphatic rings. The summed E-state index contributed by atoms with van der Waals surface area (Å²) in [5, 5.41) is 14.9. The van der Waals surface area contributed by atoms with Crippen LogP contribution in [0.15, 0.2) is 48.8 Å². The van der Waals surface area contributed by atoms with E-state index in [1.807, 2.05) is 0 Å². The maximum atomic E-state index is 12.2. The number of rotatable bonds is 6. The Kier molecular flexibility index (Phi) is 5.18. The summed E-state index contributed by atoms with van der Waals surface area (Å²) in [4.78, 5) is 31.0. The number of hydrogen-bond acceptors (Lipinski definition) is 9. The van der Waals surface area contributed by atoms with Gasteiger partial charge in [0, 0.05) is 22.3 Å². The lowest BCUT2D eigenvalue weighted by Gasteiger charge is -2.11. The number of hydrazine groups is 1. The number of aromatic nitrogens is 2. The van der Waals surface area contributed by atoms with Crippen molar-refractivity contribution in [1.82, 2.24) is 15.4 Å². The maximum absolute atomic E-state index is 12.2. The van der Waals surface area contributed by atoms with Crippen molar-refractivity contribution in [2.75, 3.05) is 17.5 Å². The van der Waals surface area contributed by atoms with Gasteiger partial charge in [-0.05, 0) is 30.3 Å². The Labute approximate surface area is 174 Å². The van der Waals surface area contributed by atoms with Gasteiger partial charge in [0.05, 0.1) is 4.92 Å². The minimum absolute atomic E-state index is 0.0756. The third kappa shape index (κ3) is 4.00. The third-order valence-electron chi connectivity index (χ3n) is 4.02. The number of nitro groups is 1. The molecular weight excluding hydrogens is 416 g/mol. The van der Waals surface area contributed by atoms with Gasteiger partial charge in [0.15, 0.2) is 11.5 Å². The number of benzene rings is 2. The van der Waals surface area contributed by atoms with Crippen LogP contribution in [0.4, 0.5) is 23.0 Å². The van der Waals surface area contributed by atoms with Crippen LogP contribution in [-0.4, -0.2) is 27.6 Å². The molecule has 2 heterocycles. The van der Waals surface area contributed by atoms with Crippen LogP contribution < -0.4 is 25.6 Å². The smallest absolute Gasteiger partial charge is 0.355 e. The molecule has 0 atom stereocenters. The van der Waals surface area contributed by atoms with Crippen molar-refractivity contribution in [3.05, 3.63) is 69.5 Å². The molecule has 0 saturated carbocycles. The Morgan fingerprint density at radius 3 is 2.70 bits per heavy atom. The lowest BCUT2D eigenvalue weighted by atomic mass is 10.2. The van der Waals surface area contributed by atoms with E-state index in [2.05, 4.69) is 26.1 Å². The van der Waals surface area contributed by atoms with Crippen molar-refractivity contribution in [3.8, 4) is 11.5 Å². The molecule has 0 bridgehead atoms. The van der Waals surface area contributed by atoms with Crippen molar-refractivity contribution in [3.63, 3.8) is 0 Å². The molecular formula is C18H13ClN6O5. The van der Waals surface area contributed by atoms with Gasteiger partial charge < -0.3 is 14.8 Å². The maximum Gasteiger partial charge on any atom is 0.355 e. The largest absolute Gasteiger partial charge is 0.454 e. The molecule has 1 amide bonds. The highest BCUT2D eigenvalue weighted by atomic mass is 35.5. The first-order chi connectivity index (χ1) is 14.5. The molecule has 0 unspecified atom stereocenters. The van der Waals surface area contributed by atoms with E-state index in [4.69, 9.17) is 21.1 Å². The molecule has 11 nitrogen and oxygen atoms in total. The SMILES string of the molecule is O=C(NNc1ncnc(Nc2ccc3c(c2)OCO3)c1[N+](=O)[O-])c1cccc(Cl)c1. The molecule has 12 heteroatoms. The van der Waals surface area contributed by atoms with Crippen LogP contribution in [-0.2, 0) is 0 Å². The summed E-state index contributed by atoms with van der Waals surface area (Å²) in [5.74, 6) is 0.255. The molecule has 1 aromatic heterocycles. The number of anilines is 3. The molecule has 0 fully saturated rings. The summed E-state index contributed by atoms with van der Waals surface area (Å²) in [6.45, 7) is 0.104. The number of carbonyl (C=O) groups excluding carboxylic acids is 1. The molecule has 3 aromatic rings. The van der Waals surface area contributed by atoms with Crippen LogP contribution in [0.1, 0.15) is 10.4 Å². The molecule has 0 saturated heterocycles. The van der Waals surface area contributed by atoms with Crippen molar-refractivity contribution in [2.45, 2.75) is 0 Å². The van der Waals surface area contributed by atoms with Crippen LogP contribution in [0.3, 0.4) is 0 Å². The highest BCUT2D eigenvalue weighted by Gasteiger charge is 2.24. The monoisotopic (exact) mass is 428 g/mol. The quantitative estimate of drug-likeness (QED) is 0.398. The van der Waals surface area contributed by atoms with E-state index in [9.17, 15) is 14.9 Å². The van der Waals surface area contributed by atoms with Crippen molar-refractivity contribution in [2.24, 2.45) is 0 Å². The predicted octanol–water partition coefficient (Wildman–Crippen LogP) is 3.27. The summed E-state index contributed by atoms with van der Waals surface area (Å²) in [6, 6.07) is 11.2. The van der Waals surface area contributed by atoms with Gasteiger partial charge in [0.2, 0.25) is 18.4 Å². The molecule has 0 spiro atoms. The molecule has 0 aliphatic carbocycles. The van der Waals surface area contributed by atoms with Crippen LogP contribution in [0.5, 0.6) is 11.5 Å². The Morgan fingerprint density at radius 2 is 1.90 bits per heavy atom. The Morgan fingerprint density at radius 1 is 1.10 bits per heavy atom. The van der Waals surface area contributed by atoms with Gasteiger partial charge in [-0.25, -0.2) is 9.97 Å². The van der Waals surface area contributed by atoms with Crippen LogP contribution >= 0.6 is 11.6 Å². The van der Waals surface area contributed by atoms with Crippen molar-refractivity contribution >= 4 is 40.5 Å². The second-order valence-electron chi connectivity index (χ2n) is 5.96. The van der Waals surface area contributed by atoms with Crippen LogP contribution in [0.25, 0.3) is 0 Å². The zero-order valence-corrected chi connectivity index (χ0v) is 15.8. The molecule has 0 radical (unpaired) electrons. The number of ether oxygens (including phenoxy) is 2. The van der Waals surface area contributed by atoms with E-state index in [0.717, 1.165) is 6.33 Å². The lowest BCUT2D eigenvalue weighted by Crippen LogP contribution is -2.30. The van der Waals surface area contributed by atoms with E-state index >= 15 is 0 Å². The minimum atomic E-state index is -0.664. The normalized spacial score (nSPS) is 11.6. The molecule has 152 valence electrons. The summed E-state index contributed by atoms with van der Waals surface area (Å²) < 4.78 is 10.5. The fourth-order valence-electron chi connectivity index (χ4n) is 2.66. The highest BCUT2D eigenvalue weighted by Crippen LogP contribution is 2.37. The Hall–Kier alpha value is -4.12. The summed E-state index contributed by atoms with van der Waals surface area (Å²) in [6.07, 6.45) is 1.12. The average molecular weight is 429 g/mol. The molecule has 30 heavy (non-hydrogen) atoms. The van der Waals surface area contributed by atoms with Gasteiger partial charge in [-0.2, -0.15) is 0 Å². The van der Waals surface area contributed by atoms with Gasteiger partial charge in [-0.1, -0.05) is 17.7 Å². The first-order valence-electron chi connectivity index (χ1n) is 8.49. The molecule has 2 aromatic carbocycles. The first-order valence-corrected chi connectivity index (χ1v) is 8.87. The van der Waals surface area contributed by atoms with E-state index in [1.54, 1.807) is 36.4 Å².